The average molecular weight is 2130 g/mol. The molecule has 0 aliphatic heterocycles. The molecule has 15 aromatic carbocycles. The van der Waals surface area contributed by atoms with Crippen LogP contribution in [0, 0.1) is 56.7 Å². The van der Waals surface area contributed by atoms with Crippen LogP contribution < -0.4 is 108 Å². The first-order chi connectivity index (χ1) is 66.6. The molecule has 2 unspecified atom stereocenters. The van der Waals surface area contributed by atoms with Gasteiger partial charge in [-0.2, -0.15) is 25.3 Å². The van der Waals surface area contributed by atoms with Crippen molar-refractivity contribution >= 4 is 211 Å². The van der Waals surface area contributed by atoms with Gasteiger partial charge in [-0.25, -0.2) is 17.8 Å². The number of aryl methyl sites for hydroxylation is 3. The summed E-state index contributed by atoms with van der Waals surface area (Å²) in [5.41, 5.74) is 31.4. The first-order valence-electron chi connectivity index (χ1n) is 42.6. The number of rotatable bonds is 19. The summed E-state index contributed by atoms with van der Waals surface area (Å²) >= 11 is 5.53. The van der Waals surface area contributed by atoms with E-state index in [2.05, 4.69) is 160 Å². The Bertz CT molecular complexity index is 7530. The van der Waals surface area contributed by atoms with Crippen molar-refractivity contribution in [3.8, 4) is 55.9 Å². The Kier molecular flexibility index (Phi) is 46.6. The van der Waals surface area contributed by atoms with Gasteiger partial charge in [0.2, 0.25) is 5.52 Å². The number of phenols is 2. The zero-order valence-corrected chi connectivity index (χ0v) is 89.0. The minimum absolute atomic E-state index is 0. The molecule has 8 N–H and O–H groups in total. The van der Waals surface area contributed by atoms with Crippen LogP contribution in [0.1, 0.15) is 43.5 Å². The number of allylic oxidation sites excluding steroid dienone is 2. The van der Waals surface area contributed by atoms with Crippen molar-refractivity contribution in [3.63, 3.8) is 0 Å². The normalized spacial score (nSPS) is 10.8. The van der Waals surface area contributed by atoms with Crippen LogP contribution in [0.2, 0.25) is 0 Å². The van der Waals surface area contributed by atoms with Gasteiger partial charge in [-0.05, 0) is 243 Å². The second kappa shape index (κ2) is 57.1. The van der Waals surface area contributed by atoms with Gasteiger partial charge in [0.15, 0.2) is 0 Å². The van der Waals surface area contributed by atoms with Gasteiger partial charge in [0.25, 0.3) is 16.4 Å². The van der Waals surface area contributed by atoms with Gasteiger partial charge in [0, 0.05) is 114 Å². The van der Waals surface area contributed by atoms with E-state index >= 15 is 0 Å². The van der Waals surface area contributed by atoms with Crippen LogP contribution in [-0.2, 0) is 17.2 Å². The van der Waals surface area contributed by atoms with Gasteiger partial charge in [-0.15, -0.1) is 30.8 Å². The first-order valence-corrected chi connectivity index (χ1v) is 47.0. The number of aromatic hydroxyl groups is 2. The molecule has 0 aliphatic rings. The fraction of sp³-hybridized carbons (Fsp3) is 0.124. The van der Waals surface area contributed by atoms with Crippen LogP contribution in [-0.4, -0.2) is 97.9 Å². The van der Waals surface area contributed by atoms with E-state index in [0.29, 0.717) is 46.0 Å². The van der Waals surface area contributed by atoms with Crippen LogP contribution in [0.5, 0.6) is 11.5 Å². The average Bonchev–Trinajstić information content (AvgIpc) is 1.76. The van der Waals surface area contributed by atoms with E-state index in [9.17, 15) is 42.7 Å². The number of nitro benzene ring substituents is 2. The summed E-state index contributed by atoms with van der Waals surface area (Å²) in [6.07, 6.45) is 4.07. The minimum Gasteiger partial charge on any atom is -1.00 e. The second-order valence-corrected chi connectivity index (χ2v) is 37.5. The number of phenolic OH excluding ortho intramolecular Hbond substituents is 2. The molecule has 0 bridgehead atoms. The summed E-state index contributed by atoms with van der Waals surface area (Å²) in [4.78, 5) is 27.0. The number of azo groups is 2. The fourth-order valence-corrected chi connectivity index (χ4v) is 16.6. The first kappa shape index (κ1) is 116. The van der Waals surface area contributed by atoms with Gasteiger partial charge >= 0.3 is 59.1 Å². The van der Waals surface area contributed by atoms with Crippen molar-refractivity contribution in [2.24, 2.45) is 27.5 Å². The predicted molar refractivity (Wildman–Crippen MR) is 575 cm³/mol. The molecule has 0 saturated carbocycles. The summed E-state index contributed by atoms with van der Waals surface area (Å²) < 4.78 is 76.0. The Hall–Kier alpha value is -13.1. The summed E-state index contributed by atoms with van der Waals surface area (Å²) in [5.74, 6) is 0.573. The van der Waals surface area contributed by atoms with Crippen molar-refractivity contribution in [3.05, 3.63) is 357 Å². The van der Waals surface area contributed by atoms with Crippen LogP contribution in [0.15, 0.2) is 334 Å². The molecule has 2 heterocycles. The molecule has 0 fully saturated rings. The zero-order chi connectivity index (χ0) is 101. The maximum Gasteiger partial charge on any atom is 1.00 e. The molecular formula is C105H98BClF3IN16Na2O9PS3+. The van der Waals surface area contributed by atoms with E-state index < -0.39 is 37.4 Å². The Labute approximate surface area is 899 Å². The monoisotopic (exact) mass is 2130 g/mol. The minimum atomic E-state index is -4.75. The van der Waals surface area contributed by atoms with Crippen molar-refractivity contribution in [1.82, 2.24) is 4.98 Å². The number of nitrogens with two attached hydrogens (primary N) is 2. The third kappa shape index (κ3) is 33.0. The van der Waals surface area contributed by atoms with Gasteiger partial charge in [-0.1, -0.05) is 175 Å². The number of hydrogen-bond acceptors (Lipinski definition) is 24. The van der Waals surface area contributed by atoms with E-state index in [1.54, 1.807) is 72.9 Å². The largest absolute Gasteiger partial charge is 1.00 e. The number of nitrogens with zero attached hydrogens (tertiary/aromatic N) is 12. The van der Waals surface area contributed by atoms with E-state index in [1.165, 1.54) is 44.2 Å². The molecule has 17 rings (SSSR count). The molecule has 0 spiro atoms. The number of hydrogen-bond donors (Lipinski definition) is 6. The number of nitriles is 2. The quantitative estimate of drug-likeness (QED) is 0.00356. The molecule has 37 heteroatoms. The molecule has 0 aliphatic carbocycles. The summed E-state index contributed by atoms with van der Waals surface area (Å²) in [7, 11) is 14.7. The Balaban J connectivity index is 0.000000271. The van der Waals surface area contributed by atoms with Crippen LogP contribution in [0.4, 0.5) is 81.8 Å². The van der Waals surface area contributed by atoms with E-state index in [0.717, 1.165) is 111 Å². The molecule has 2 radical (unpaired) electrons. The molecular weight excluding hydrogens is 2030 g/mol. The number of nitrogen functional groups attached to an aromatic ring is 2. The van der Waals surface area contributed by atoms with Crippen molar-refractivity contribution in [2.45, 2.75) is 36.7 Å². The second-order valence-electron chi connectivity index (χ2n) is 30.6. The van der Waals surface area contributed by atoms with Crippen molar-refractivity contribution in [1.29, 1.82) is 10.5 Å². The summed E-state index contributed by atoms with van der Waals surface area (Å²) in [6, 6.07) is 94.8. The maximum atomic E-state index is 12.4. The molecule has 714 valence electrons. The Morgan fingerprint density at radius 3 is 1.58 bits per heavy atom. The van der Waals surface area contributed by atoms with E-state index in [1.807, 2.05) is 226 Å². The van der Waals surface area contributed by atoms with Crippen LogP contribution >= 0.6 is 54.5 Å². The van der Waals surface area contributed by atoms with E-state index in [-0.39, 0.29) is 122 Å². The number of benzene rings is 15. The molecule has 0 amide bonds. The number of anilines is 6. The Morgan fingerprint density at radius 1 is 0.613 bits per heavy atom. The number of alkyl halides is 2. The fourth-order valence-electron chi connectivity index (χ4n) is 13.7. The molecule has 17 aromatic rings. The van der Waals surface area contributed by atoms with Gasteiger partial charge in [0.05, 0.1) is 68.5 Å². The molecule has 2 atom stereocenters. The van der Waals surface area contributed by atoms with E-state index in [4.69, 9.17) is 45.5 Å². The molecule has 2 aromatic heterocycles. The number of thiazole rings is 2. The standard InChI is InChI=1S/C33H26N6O3S.C18H16FN3.C17H19N2S.C15H15NO.C14H12N2OS.C6H4N2O4.CH3BIP.CH4.ClH.F2.2Na/c1-20-18-29(32(34)27-8-4-2-6-25(20)27)38-36-23-14-10-21(11-15-23)22-12-16-24(17-13-22)37-39-30-19-31(43(40,41)42)26-7-3-5-9-28(26)33(30)35;1-13(17(11-20)12-21)14-3-4-16-10-18(22(2)8-7-19)6-5-15(16)9-14;1-12-5-10-15-16(11-12)20-17(19(15)4)13-6-8-14(9-7-13)18(2)3;1-16-14-8-4-12(5-9-14)2-3-13-6-10-15(17)11-7-13;1-15-10-4-2-9(3-5-10)14-16-12-7-6-11(17)8-13(12)18-14;9-7(10)5-2-1-3-6(4-5)8(11)12;2-1(3)4;;;1-2;;/h2-19H,34-35H2,1H3,(H,40,41,42);3-6,9-10H,7-8H2,1-2H3;5-11H,1-4H3;2-11,16-17H,1H3;2-8,15,17H,1H3;1-4H;1H,4H2;1H4;1H;;;/q;;+1;;;;;;;;2*+1/p-2/b;;;3-2+;;;;;;;;/i;19-1;;2*1-1;4D;1-1;;;1-1;;. The molecule has 142 heavy (non-hydrogen) atoms. The third-order valence-electron chi connectivity index (χ3n) is 21.0. The smallest absolute Gasteiger partial charge is 1.00 e. The summed E-state index contributed by atoms with van der Waals surface area (Å²) in [6.45, 7) is 5.91. The van der Waals surface area contributed by atoms with Gasteiger partial charge < -0.3 is 59.1 Å². The van der Waals surface area contributed by atoms with Crippen LogP contribution in [0.25, 0.3) is 103 Å². The SMILES string of the molecule is C.CC(=C(C#N)C#N)c1ccc2cc(N(C)CC[18F])ccc2c1.Cc1cc(N=Nc2ccc(-c3ccc(N=Nc4cc(S(=O)(=O)[O-])c5ccccc5c4N)cc3)cc2)c(N)c2ccccc12.Cc1ccc2c(c1)sc(-c1ccc(N(C)C)cc1)[n+]2C.F[18F].[11CH3]Nc1ccc(-c2nc3ccc(O)cc3s2)cc1.[11CH3]Nc1ccc(/C=C/c2ccc(O)cc2)cc1.[2H]c1c([N+](=O)[O-])cccc1[N+](=O)[O-].[B][11CH](P)I.[Cl-].[Na+].[Na+]. The number of nitrogens with one attached hydrogen (secondary N) is 2. The topological polar surface area (TPSA) is 380 Å². The van der Waals surface area contributed by atoms with Crippen LogP contribution in [0.3, 0.4) is 0 Å². The van der Waals surface area contributed by atoms with Crippen molar-refractivity contribution < 1.29 is 124 Å². The Morgan fingerprint density at radius 2 is 1.08 bits per heavy atom. The molecule has 25 nitrogen and oxygen atoms in total. The maximum absolute atomic E-state index is 12.4. The van der Waals surface area contributed by atoms with Gasteiger partial charge in [-0.3, -0.25) is 20.2 Å². The number of halogens is 5. The predicted octanol–water partition coefficient (Wildman–Crippen LogP) is 18.8. The van der Waals surface area contributed by atoms with Crippen molar-refractivity contribution in [2.75, 3.05) is 80.4 Å². The number of fused-ring (bicyclic) bond motifs is 5. The van der Waals surface area contributed by atoms with Gasteiger partial charge in [0.1, 0.15) is 74.1 Å². The molecule has 0 saturated heterocycles. The number of aromatic nitrogens is 2. The number of nitro groups is 2. The zero-order valence-electron chi connectivity index (χ0n) is 79.5. The third-order valence-corrected chi connectivity index (χ3v) is 24.2. The summed E-state index contributed by atoms with van der Waals surface area (Å²) in [5, 5.41) is 87.4.